The topological polar surface area (TPSA) is 50.2 Å². The fourth-order valence-electron chi connectivity index (χ4n) is 3.13. The summed E-state index contributed by atoms with van der Waals surface area (Å²) >= 11 is 0. The van der Waals surface area contributed by atoms with E-state index >= 15 is 0 Å². The van der Waals surface area contributed by atoms with Crippen molar-refractivity contribution in [2.24, 2.45) is 0 Å². The summed E-state index contributed by atoms with van der Waals surface area (Å²) < 4.78 is 1.83. The van der Waals surface area contributed by atoms with Gasteiger partial charge in [-0.1, -0.05) is 25.1 Å². The van der Waals surface area contributed by atoms with E-state index in [4.69, 9.17) is 0 Å². The van der Waals surface area contributed by atoms with Crippen LogP contribution in [0.1, 0.15) is 36.7 Å². The van der Waals surface area contributed by atoms with Crippen molar-refractivity contribution in [3.63, 3.8) is 0 Å². The van der Waals surface area contributed by atoms with E-state index in [0.717, 1.165) is 38.2 Å². The minimum absolute atomic E-state index is 0.0414. The van der Waals surface area contributed by atoms with Crippen LogP contribution in [0, 0.1) is 0 Å². The van der Waals surface area contributed by atoms with Gasteiger partial charge >= 0.3 is 0 Å². The number of hydrogen-bond acceptors (Lipinski definition) is 3. The highest BCUT2D eigenvalue weighted by Crippen LogP contribution is 2.14. The predicted octanol–water partition coefficient (Wildman–Crippen LogP) is 2.48. The summed E-state index contributed by atoms with van der Waals surface area (Å²) in [5.74, 6) is -0.0414. The Morgan fingerprint density at radius 1 is 1.26 bits per heavy atom. The molecule has 5 heteroatoms. The van der Waals surface area contributed by atoms with Gasteiger partial charge in [0.05, 0.1) is 12.5 Å². The Hall–Kier alpha value is -2.14. The fourth-order valence-corrected chi connectivity index (χ4v) is 3.13. The number of benzene rings is 1. The van der Waals surface area contributed by atoms with Gasteiger partial charge in [0.2, 0.25) is 0 Å². The summed E-state index contributed by atoms with van der Waals surface area (Å²) in [7, 11) is 0. The van der Waals surface area contributed by atoms with Crippen LogP contribution in [0.2, 0.25) is 0 Å². The smallest absolute Gasteiger partial charge is 0.270 e. The van der Waals surface area contributed by atoms with Gasteiger partial charge in [-0.05, 0) is 37.9 Å². The van der Waals surface area contributed by atoms with Crippen molar-refractivity contribution in [1.82, 2.24) is 19.8 Å². The molecule has 5 nitrogen and oxygen atoms in total. The van der Waals surface area contributed by atoms with Crippen molar-refractivity contribution >= 4 is 5.91 Å². The first-order chi connectivity index (χ1) is 11.3. The molecule has 0 radical (unpaired) electrons. The van der Waals surface area contributed by atoms with Crippen molar-refractivity contribution < 1.29 is 4.79 Å². The largest absolute Gasteiger partial charge is 0.348 e. The minimum Gasteiger partial charge on any atom is -0.348 e. The lowest BCUT2D eigenvalue weighted by Gasteiger charge is -2.32. The number of nitrogens with zero attached hydrogens (tertiary/aromatic N) is 3. The van der Waals surface area contributed by atoms with E-state index in [1.165, 1.54) is 6.42 Å². The number of likely N-dealkylation sites (tertiary alicyclic amines) is 1. The maximum atomic E-state index is 12.6. The summed E-state index contributed by atoms with van der Waals surface area (Å²) in [5.41, 5.74) is 1.54. The lowest BCUT2D eigenvalue weighted by atomic mass is 10.0. The minimum atomic E-state index is -0.0414. The number of nitrogens with one attached hydrogen (secondary N) is 1. The number of aromatic nitrogens is 2. The van der Waals surface area contributed by atoms with E-state index in [2.05, 4.69) is 22.1 Å². The molecular formula is C18H24N4O. The molecule has 1 N–H and O–H groups in total. The van der Waals surface area contributed by atoms with Crippen molar-refractivity contribution in [1.29, 1.82) is 0 Å². The van der Waals surface area contributed by atoms with E-state index in [0.29, 0.717) is 5.69 Å². The third-order valence-corrected chi connectivity index (χ3v) is 4.37. The van der Waals surface area contributed by atoms with Gasteiger partial charge in [0.15, 0.2) is 0 Å². The van der Waals surface area contributed by atoms with E-state index in [1.54, 1.807) is 12.5 Å². The van der Waals surface area contributed by atoms with Crippen molar-refractivity contribution in [2.45, 2.75) is 32.2 Å². The molecule has 2 aromatic rings. The lowest BCUT2D eigenvalue weighted by Crippen LogP contribution is -2.45. The summed E-state index contributed by atoms with van der Waals surface area (Å²) in [6.45, 7) is 5.49. The molecule has 122 valence electrons. The summed E-state index contributed by atoms with van der Waals surface area (Å²) in [5, 5.41) is 3.17. The average molecular weight is 312 g/mol. The molecule has 1 aliphatic heterocycles. The molecule has 1 aromatic carbocycles. The Bertz CT molecular complexity index is 629. The van der Waals surface area contributed by atoms with Crippen molar-refractivity contribution in [3.8, 4) is 5.69 Å². The van der Waals surface area contributed by atoms with Gasteiger partial charge in [0, 0.05) is 24.8 Å². The first-order valence-corrected chi connectivity index (χ1v) is 8.39. The zero-order valence-electron chi connectivity index (χ0n) is 13.6. The lowest BCUT2D eigenvalue weighted by molar-refractivity contribution is 0.0904. The second-order valence-corrected chi connectivity index (χ2v) is 6.07. The standard InChI is InChI=1S/C18H24N4O/c1-2-10-21-11-8-15(9-12-21)20-18(23)17-13-19-14-22(17)16-6-4-3-5-7-16/h3-7,13-15H,2,8-12H2,1H3,(H,20,23). The zero-order chi connectivity index (χ0) is 16.1. The molecule has 0 atom stereocenters. The highest BCUT2D eigenvalue weighted by atomic mass is 16.2. The van der Waals surface area contributed by atoms with Crippen LogP contribution in [0.15, 0.2) is 42.9 Å². The van der Waals surface area contributed by atoms with Crippen LogP contribution in [0.25, 0.3) is 5.69 Å². The van der Waals surface area contributed by atoms with Crippen LogP contribution in [-0.4, -0.2) is 46.0 Å². The first-order valence-electron chi connectivity index (χ1n) is 8.39. The number of rotatable bonds is 5. The Morgan fingerprint density at radius 3 is 2.70 bits per heavy atom. The number of para-hydroxylation sites is 1. The Kier molecular flexibility index (Phi) is 5.08. The van der Waals surface area contributed by atoms with Gasteiger partial charge in [-0.25, -0.2) is 4.98 Å². The molecule has 0 spiro atoms. The van der Waals surface area contributed by atoms with Crippen LogP contribution in [0.3, 0.4) is 0 Å². The van der Waals surface area contributed by atoms with Gasteiger partial charge in [-0.2, -0.15) is 0 Å². The fraction of sp³-hybridized carbons (Fsp3) is 0.444. The zero-order valence-corrected chi connectivity index (χ0v) is 13.6. The molecule has 1 aliphatic rings. The Labute approximate surface area is 137 Å². The van der Waals surface area contributed by atoms with Crippen LogP contribution in [-0.2, 0) is 0 Å². The highest BCUT2D eigenvalue weighted by molar-refractivity contribution is 5.93. The SMILES string of the molecule is CCCN1CCC(NC(=O)c2cncn2-c2ccccc2)CC1. The van der Waals surface area contributed by atoms with Crippen LogP contribution in [0.4, 0.5) is 0 Å². The van der Waals surface area contributed by atoms with E-state index in [9.17, 15) is 4.79 Å². The second kappa shape index (κ2) is 7.42. The molecule has 1 fully saturated rings. The monoisotopic (exact) mass is 312 g/mol. The number of carbonyl (C=O) groups excluding carboxylic acids is 1. The molecule has 23 heavy (non-hydrogen) atoms. The summed E-state index contributed by atoms with van der Waals surface area (Å²) in [6.07, 6.45) is 6.55. The molecule has 0 saturated carbocycles. The van der Waals surface area contributed by atoms with E-state index in [1.807, 2.05) is 34.9 Å². The number of carbonyl (C=O) groups is 1. The number of amides is 1. The van der Waals surface area contributed by atoms with E-state index < -0.39 is 0 Å². The Morgan fingerprint density at radius 2 is 2.00 bits per heavy atom. The maximum absolute atomic E-state index is 12.6. The summed E-state index contributed by atoms with van der Waals surface area (Å²) in [4.78, 5) is 19.2. The maximum Gasteiger partial charge on any atom is 0.270 e. The Balaban J connectivity index is 1.63. The van der Waals surface area contributed by atoms with Gasteiger partial charge in [-0.15, -0.1) is 0 Å². The third kappa shape index (κ3) is 3.79. The van der Waals surface area contributed by atoms with Gasteiger partial charge < -0.3 is 10.2 Å². The van der Waals surface area contributed by atoms with Crippen molar-refractivity contribution in [3.05, 3.63) is 48.5 Å². The molecular weight excluding hydrogens is 288 g/mol. The number of hydrogen-bond donors (Lipinski definition) is 1. The van der Waals surface area contributed by atoms with Crippen LogP contribution < -0.4 is 5.32 Å². The van der Waals surface area contributed by atoms with Crippen molar-refractivity contribution in [2.75, 3.05) is 19.6 Å². The third-order valence-electron chi connectivity index (χ3n) is 4.37. The van der Waals surface area contributed by atoms with Gasteiger partial charge in [0.1, 0.15) is 5.69 Å². The van der Waals surface area contributed by atoms with Gasteiger partial charge in [-0.3, -0.25) is 9.36 Å². The second-order valence-electron chi connectivity index (χ2n) is 6.07. The molecule has 0 bridgehead atoms. The molecule has 0 unspecified atom stereocenters. The predicted molar refractivity (Wildman–Crippen MR) is 90.8 cm³/mol. The molecule has 1 amide bonds. The van der Waals surface area contributed by atoms with Gasteiger partial charge in [0.25, 0.3) is 5.91 Å². The molecule has 2 heterocycles. The number of imidazole rings is 1. The quantitative estimate of drug-likeness (QED) is 0.923. The molecule has 3 rings (SSSR count). The normalized spacial score (nSPS) is 16.4. The first kappa shape index (κ1) is 15.7. The van der Waals surface area contributed by atoms with E-state index in [-0.39, 0.29) is 11.9 Å². The van der Waals surface area contributed by atoms with Crippen LogP contribution >= 0.6 is 0 Å². The number of piperidine rings is 1. The highest BCUT2D eigenvalue weighted by Gasteiger charge is 2.22. The molecule has 0 aliphatic carbocycles. The van der Waals surface area contributed by atoms with Crippen LogP contribution in [0.5, 0.6) is 0 Å². The molecule has 1 saturated heterocycles. The summed E-state index contributed by atoms with van der Waals surface area (Å²) in [6, 6.07) is 10.1. The molecule has 1 aromatic heterocycles. The average Bonchev–Trinajstić information content (AvgIpc) is 3.07.